The number of aryl methyl sites for hydroxylation is 1. The van der Waals surface area contributed by atoms with Crippen molar-refractivity contribution in [3.8, 4) is 0 Å². The van der Waals surface area contributed by atoms with Crippen LogP contribution in [-0.2, 0) is 11.3 Å². The number of aromatic nitrogens is 1. The molecule has 5 heteroatoms. The standard InChI is InChI=1S/C21H24ClN3O/c1-16-7-8-17(14-19(16)22)9-10-20(26)24-15-18-6-5-11-23-21(18)25-12-3-2-4-13-25/h5-11,14H,2-4,12-13,15H2,1H3,(H,24,26)/b10-9+. The number of rotatable bonds is 5. The fourth-order valence-corrected chi connectivity index (χ4v) is 3.27. The van der Waals surface area contributed by atoms with Crippen LogP contribution in [0.1, 0.15) is 36.0 Å². The van der Waals surface area contributed by atoms with Crippen molar-refractivity contribution >= 4 is 29.4 Å². The highest BCUT2D eigenvalue weighted by Crippen LogP contribution is 2.21. The van der Waals surface area contributed by atoms with Gasteiger partial charge in [-0.25, -0.2) is 4.98 Å². The summed E-state index contributed by atoms with van der Waals surface area (Å²) in [5, 5.41) is 3.65. The molecule has 3 rings (SSSR count). The first kappa shape index (κ1) is 18.5. The van der Waals surface area contributed by atoms with Crippen LogP contribution in [0.4, 0.5) is 5.82 Å². The maximum Gasteiger partial charge on any atom is 0.244 e. The smallest absolute Gasteiger partial charge is 0.244 e. The average molecular weight is 370 g/mol. The lowest BCUT2D eigenvalue weighted by atomic mass is 10.1. The van der Waals surface area contributed by atoms with Crippen LogP contribution in [0.3, 0.4) is 0 Å². The summed E-state index contributed by atoms with van der Waals surface area (Å²) in [5.74, 6) is 0.858. The number of carbonyl (C=O) groups is 1. The van der Waals surface area contributed by atoms with Crippen LogP contribution >= 0.6 is 11.6 Å². The second-order valence-electron chi connectivity index (χ2n) is 6.59. The number of amides is 1. The number of nitrogens with one attached hydrogen (secondary N) is 1. The molecule has 1 aromatic carbocycles. The van der Waals surface area contributed by atoms with Crippen LogP contribution in [0.15, 0.2) is 42.6 Å². The minimum absolute atomic E-state index is 0.129. The van der Waals surface area contributed by atoms with Gasteiger partial charge in [-0.3, -0.25) is 4.79 Å². The summed E-state index contributed by atoms with van der Waals surface area (Å²) >= 11 is 6.12. The minimum Gasteiger partial charge on any atom is -0.356 e. The maximum atomic E-state index is 12.2. The first-order chi connectivity index (χ1) is 12.6. The summed E-state index contributed by atoms with van der Waals surface area (Å²) in [6, 6.07) is 9.69. The van der Waals surface area contributed by atoms with Gasteiger partial charge in [0.1, 0.15) is 5.82 Å². The Kier molecular flexibility index (Phi) is 6.29. The van der Waals surface area contributed by atoms with Gasteiger partial charge in [0.2, 0.25) is 5.91 Å². The summed E-state index contributed by atoms with van der Waals surface area (Å²) < 4.78 is 0. The lowest BCUT2D eigenvalue weighted by Crippen LogP contribution is -2.32. The van der Waals surface area contributed by atoms with E-state index in [2.05, 4.69) is 15.2 Å². The molecule has 0 radical (unpaired) electrons. The summed E-state index contributed by atoms with van der Waals surface area (Å²) in [4.78, 5) is 19.0. The van der Waals surface area contributed by atoms with E-state index in [0.717, 1.165) is 35.6 Å². The highest BCUT2D eigenvalue weighted by Gasteiger charge is 2.15. The normalized spacial score (nSPS) is 14.6. The zero-order chi connectivity index (χ0) is 18.4. The van der Waals surface area contributed by atoms with E-state index in [1.165, 1.54) is 25.3 Å². The van der Waals surface area contributed by atoms with Gasteiger partial charge in [0, 0.05) is 42.5 Å². The Bertz CT molecular complexity index is 798. The molecule has 4 nitrogen and oxygen atoms in total. The third-order valence-corrected chi connectivity index (χ3v) is 5.01. The molecule has 0 bridgehead atoms. The molecule has 1 fully saturated rings. The second-order valence-corrected chi connectivity index (χ2v) is 7.00. The van der Waals surface area contributed by atoms with Gasteiger partial charge in [-0.1, -0.05) is 29.8 Å². The fourth-order valence-electron chi connectivity index (χ4n) is 3.08. The lowest BCUT2D eigenvalue weighted by molar-refractivity contribution is -0.116. The molecule has 1 saturated heterocycles. The van der Waals surface area contributed by atoms with Gasteiger partial charge in [-0.05, 0) is 55.5 Å². The Labute approximate surface area is 159 Å². The van der Waals surface area contributed by atoms with Crippen LogP contribution in [0.2, 0.25) is 5.02 Å². The van der Waals surface area contributed by atoms with Crippen molar-refractivity contribution in [2.24, 2.45) is 0 Å². The van der Waals surface area contributed by atoms with E-state index in [1.807, 2.05) is 43.5 Å². The van der Waals surface area contributed by atoms with Gasteiger partial charge < -0.3 is 10.2 Å². The third-order valence-electron chi connectivity index (χ3n) is 4.60. The number of pyridine rings is 1. The summed E-state index contributed by atoms with van der Waals surface area (Å²) in [6.45, 7) is 4.49. The predicted molar refractivity (Wildman–Crippen MR) is 107 cm³/mol. The Balaban J connectivity index is 1.60. The van der Waals surface area contributed by atoms with Crippen molar-refractivity contribution in [3.63, 3.8) is 0 Å². The molecule has 1 aliphatic rings. The van der Waals surface area contributed by atoms with E-state index in [0.29, 0.717) is 11.6 Å². The molecule has 0 aliphatic carbocycles. The molecule has 2 aromatic rings. The summed E-state index contributed by atoms with van der Waals surface area (Å²) in [7, 11) is 0. The molecule has 1 amide bonds. The number of nitrogens with zero attached hydrogens (tertiary/aromatic N) is 2. The molecule has 0 atom stereocenters. The molecular formula is C21H24ClN3O. The average Bonchev–Trinajstić information content (AvgIpc) is 2.68. The fraction of sp³-hybridized carbons (Fsp3) is 0.333. The predicted octanol–water partition coefficient (Wildman–Crippen LogP) is 4.36. The molecule has 26 heavy (non-hydrogen) atoms. The van der Waals surface area contributed by atoms with Crippen LogP contribution in [0.25, 0.3) is 6.08 Å². The number of benzene rings is 1. The van der Waals surface area contributed by atoms with Crippen molar-refractivity contribution < 1.29 is 4.79 Å². The zero-order valence-corrected chi connectivity index (χ0v) is 15.8. The lowest BCUT2D eigenvalue weighted by Gasteiger charge is -2.29. The Morgan fingerprint density at radius 3 is 2.85 bits per heavy atom. The number of hydrogen-bond acceptors (Lipinski definition) is 3. The summed E-state index contributed by atoms with van der Waals surface area (Å²) in [5.41, 5.74) is 2.98. The maximum absolute atomic E-state index is 12.2. The van der Waals surface area contributed by atoms with Crippen molar-refractivity contribution in [2.45, 2.75) is 32.7 Å². The molecular weight excluding hydrogens is 346 g/mol. The monoisotopic (exact) mass is 369 g/mol. The number of carbonyl (C=O) groups excluding carboxylic acids is 1. The molecule has 0 spiro atoms. The molecule has 0 saturated carbocycles. The Hall–Kier alpha value is -2.33. The van der Waals surface area contributed by atoms with E-state index in [4.69, 9.17) is 11.6 Å². The van der Waals surface area contributed by atoms with Crippen molar-refractivity contribution in [1.29, 1.82) is 0 Å². The number of halogens is 1. The van der Waals surface area contributed by atoms with E-state index in [-0.39, 0.29) is 5.91 Å². The van der Waals surface area contributed by atoms with Crippen LogP contribution in [-0.4, -0.2) is 24.0 Å². The van der Waals surface area contributed by atoms with Gasteiger partial charge in [0.05, 0.1) is 0 Å². The third kappa shape index (κ3) is 4.85. The van der Waals surface area contributed by atoms with Gasteiger partial charge in [0.15, 0.2) is 0 Å². The highest BCUT2D eigenvalue weighted by atomic mass is 35.5. The van der Waals surface area contributed by atoms with E-state index >= 15 is 0 Å². The molecule has 0 unspecified atom stereocenters. The van der Waals surface area contributed by atoms with E-state index < -0.39 is 0 Å². The van der Waals surface area contributed by atoms with Crippen LogP contribution in [0.5, 0.6) is 0 Å². The van der Waals surface area contributed by atoms with Crippen molar-refractivity contribution in [1.82, 2.24) is 10.3 Å². The topological polar surface area (TPSA) is 45.2 Å². The molecule has 136 valence electrons. The zero-order valence-electron chi connectivity index (χ0n) is 15.0. The largest absolute Gasteiger partial charge is 0.356 e. The van der Waals surface area contributed by atoms with Crippen molar-refractivity contribution in [2.75, 3.05) is 18.0 Å². The number of anilines is 1. The number of hydrogen-bond donors (Lipinski definition) is 1. The molecule has 2 heterocycles. The second kappa shape index (κ2) is 8.86. The first-order valence-electron chi connectivity index (χ1n) is 9.04. The first-order valence-corrected chi connectivity index (χ1v) is 9.42. The van der Waals surface area contributed by atoms with Gasteiger partial charge in [-0.15, -0.1) is 0 Å². The quantitative estimate of drug-likeness (QED) is 0.796. The van der Waals surface area contributed by atoms with Gasteiger partial charge >= 0.3 is 0 Å². The summed E-state index contributed by atoms with van der Waals surface area (Å²) in [6.07, 6.45) is 8.81. The number of piperidine rings is 1. The van der Waals surface area contributed by atoms with Crippen LogP contribution < -0.4 is 10.2 Å². The Morgan fingerprint density at radius 2 is 2.08 bits per heavy atom. The Morgan fingerprint density at radius 1 is 1.27 bits per heavy atom. The molecule has 1 N–H and O–H groups in total. The van der Waals surface area contributed by atoms with Gasteiger partial charge in [0.25, 0.3) is 0 Å². The van der Waals surface area contributed by atoms with Crippen LogP contribution in [0, 0.1) is 6.92 Å². The van der Waals surface area contributed by atoms with Crippen molar-refractivity contribution in [3.05, 3.63) is 64.3 Å². The van der Waals surface area contributed by atoms with E-state index in [9.17, 15) is 4.79 Å². The SMILES string of the molecule is Cc1ccc(/C=C/C(=O)NCc2cccnc2N2CCCCC2)cc1Cl. The van der Waals surface area contributed by atoms with E-state index in [1.54, 1.807) is 6.08 Å². The highest BCUT2D eigenvalue weighted by molar-refractivity contribution is 6.31. The van der Waals surface area contributed by atoms with Gasteiger partial charge in [-0.2, -0.15) is 0 Å². The molecule has 1 aliphatic heterocycles. The minimum atomic E-state index is -0.129. The molecule has 1 aromatic heterocycles.